The van der Waals surface area contributed by atoms with Crippen LogP contribution in [0.25, 0.3) is 0 Å². The number of carbonyl (C=O) groups excluding carboxylic acids is 3. The number of esters is 3. The molecule has 0 aromatic heterocycles. The van der Waals surface area contributed by atoms with E-state index < -0.39 is 6.10 Å². The fourth-order valence-electron chi connectivity index (χ4n) is 6.45. The third kappa shape index (κ3) is 37.7. The van der Waals surface area contributed by atoms with E-state index in [1.807, 2.05) is 0 Å². The van der Waals surface area contributed by atoms with Gasteiger partial charge in [-0.15, -0.1) is 0 Å². The van der Waals surface area contributed by atoms with E-state index in [0.29, 0.717) is 19.3 Å². The zero-order valence-corrected chi connectivity index (χ0v) is 33.9. The maximum absolute atomic E-state index is 12.6. The van der Waals surface area contributed by atoms with Crippen molar-refractivity contribution in [2.45, 2.75) is 246 Å². The Bertz CT molecular complexity index is 751. The molecule has 0 aromatic rings. The number of unbranched alkanes of at least 4 members (excludes halogenated alkanes) is 26. The van der Waals surface area contributed by atoms with Crippen LogP contribution in [0, 0.1) is 5.92 Å². The molecule has 1 atom stereocenters. The van der Waals surface area contributed by atoms with Gasteiger partial charge in [-0.25, -0.2) is 0 Å². The smallest absolute Gasteiger partial charge is 0.306 e. The molecule has 0 rings (SSSR count). The highest BCUT2D eigenvalue weighted by Crippen LogP contribution is 2.16. The molecular formula is C44H84O6. The molecule has 0 aromatic carbocycles. The zero-order valence-electron chi connectivity index (χ0n) is 33.9. The first-order valence-electron chi connectivity index (χ1n) is 21.9. The number of hydrogen-bond donors (Lipinski definition) is 0. The highest BCUT2D eigenvalue weighted by atomic mass is 16.6. The van der Waals surface area contributed by atoms with E-state index >= 15 is 0 Å². The van der Waals surface area contributed by atoms with Gasteiger partial charge >= 0.3 is 17.9 Å². The summed E-state index contributed by atoms with van der Waals surface area (Å²) in [6, 6.07) is 0. The summed E-state index contributed by atoms with van der Waals surface area (Å²) < 4.78 is 16.6. The van der Waals surface area contributed by atoms with Crippen molar-refractivity contribution in [1.82, 2.24) is 0 Å². The number of hydrogen-bond acceptors (Lipinski definition) is 6. The van der Waals surface area contributed by atoms with E-state index in [1.165, 1.54) is 135 Å². The Balaban J connectivity index is 4.20. The quantitative estimate of drug-likeness (QED) is 0.0359. The van der Waals surface area contributed by atoms with Crippen LogP contribution in [0.15, 0.2) is 0 Å². The minimum absolute atomic E-state index is 0.0654. The summed E-state index contributed by atoms with van der Waals surface area (Å²) in [6.45, 7) is 8.88. The minimum Gasteiger partial charge on any atom is -0.462 e. The molecule has 0 aliphatic heterocycles. The number of carbonyl (C=O) groups is 3. The van der Waals surface area contributed by atoms with Crippen LogP contribution in [0.2, 0.25) is 0 Å². The zero-order chi connectivity index (χ0) is 36.8. The normalized spacial score (nSPS) is 11.9. The standard InChI is InChI=1S/C44H84O6/c1-5-7-9-11-13-14-15-16-17-18-19-20-21-23-27-31-35-42(45)48-38-41(50-44(47)37-33-29-22-12-10-8-6-2)39-49-43(46)36-32-28-25-24-26-30-34-40(3)4/h40-41H,5-39H2,1-4H3/t41-/m0/s1. The summed E-state index contributed by atoms with van der Waals surface area (Å²) in [7, 11) is 0. The van der Waals surface area contributed by atoms with Crippen molar-refractivity contribution in [3.8, 4) is 0 Å². The van der Waals surface area contributed by atoms with Crippen molar-refractivity contribution in [3.63, 3.8) is 0 Å². The van der Waals surface area contributed by atoms with Gasteiger partial charge in [-0.1, -0.05) is 201 Å². The van der Waals surface area contributed by atoms with E-state index in [9.17, 15) is 14.4 Å². The molecule has 0 aliphatic carbocycles. The highest BCUT2D eigenvalue weighted by molar-refractivity contribution is 5.71. The monoisotopic (exact) mass is 709 g/mol. The van der Waals surface area contributed by atoms with Crippen molar-refractivity contribution in [3.05, 3.63) is 0 Å². The van der Waals surface area contributed by atoms with Crippen molar-refractivity contribution < 1.29 is 28.6 Å². The highest BCUT2D eigenvalue weighted by Gasteiger charge is 2.19. The summed E-state index contributed by atoms with van der Waals surface area (Å²) in [5.74, 6) is -0.105. The van der Waals surface area contributed by atoms with E-state index in [-0.39, 0.29) is 31.1 Å². The predicted octanol–water partition coefficient (Wildman–Crippen LogP) is 13.6. The van der Waals surface area contributed by atoms with Crippen molar-refractivity contribution >= 4 is 17.9 Å². The van der Waals surface area contributed by atoms with Gasteiger partial charge in [0.15, 0.2) is 6.10 Å². The molecule has 0 N–H and O–H groups in total. The first kappa shape index (κ1) is 48.4. The summed E-state index contributed by atoms with van der Waals surface area (Å²) in [5.41, 5.74) is 0. The van der Waals surface area contributed by atoms with Crippen molar-refractivity contribution in [2.24, 2.45) is 5.92 Å². The molecule has 0 aliphatic rings. The Morgan fingerprint density at radius 1 is 0.380 bits per heavy atom. The molecule has 296 valence electrons. The molecule has 6 heteroatoms. The molecule has 0 unspecified atom stereocenters. The lowest BCUT2D eigenvalue weighted by Gasteiger charge is -2.18. The first-order chi connectivity index (χ1) is 24.4. The summed E-state index contributed by atoms with van der Waals surface area (Å²) in [4.78, 5) is 37.4. The molecule has 0 spiro atoms. The second kappa shape index (κ2) is 38.6. The number of ether oxygens (including phenoxy) is 3. The average molecular weight is 709 g/mol. The van der Waals surface area contributed by atoms with Gasteiger partial charge in [0.2, 0.25) is 0 Å². The lowest BCUT2D eigenvalue weighted by Crippen LogP contribution is -2.30. The van der Waals surface area contributed by atoms with E-state index in [2.05, 4.69) is 27.7 Å². The Kier molecular flexibility index (Phi) is 37.4. The topological polar surface area (TPSA) is 78.9 Å². The minimum atomic E-state index is -0.758. The van der Waals surface area contributed by atoms with Gasteiger partial charge in [0.1, 0.15) is 13.2 Å². The molecule has 0 radical (unpaired) electrons. The first-order valence-corrected chi connectivity index (χ1v) is 21.9. The fraction of sp³-hybridized carbons (Fsp3) is 0.932. The van der Waals surface area contributed by atoms with Gasteiger partial charge in [-0.2, -0.15) is 0 Å². The second-order valence-corrected chi connectivity index (χ2v) is 15.5. The second-order valence-electron chi connectivity index (χ2n) is 15.5. The Labute approximate surface area is 310 Å². The van der Waals surface area contributed by atoms with Crippen LogP contribution in [0.5, 0.6) is 0 Å². The molecule has 0 heterocycles. The lowest BCUT2D eigenvalue weighted by molar-refractivity contribution is -0.167. The van der Waals surface area contributed by atoms with Crippen LogP contribution < -0.4 is 0 Å². The predicted molar refractivity (Wildman–Crippen MR) is 210 cm³/mol. The molecule has 0 saturated carbocycles. The molecule has 6 nitrogen and oxygen atoms in total. The van der Waals surface area contributed by atoms with Gasteiger partial charge in [0.25, 0.3) is 0 Å². The van der Waals surface area contributed by atoms with Crippen LogP contribution in [0.4, 0.5) is 0 Å². The molecule has 0 fully saturated rings. The van der Waals surface area contributed by atoms with E-state index in [0.717, 1.165) is 63.7 Å². The molecule has 0 amide bonds. The molecule has 0 saturated heterocycles. The van der Waals surface area contributed by atoms with Gasteiger partial charge in [-0.3, -0.25) is 14.4 Å². The van der Waals surface area contributed by atoms with Gasteiger partial charge < -0.3 is 14.2 Å². The molecular weight excluding hydrogens is 624 g/mol. The summed E-state index contributed by atoms with van der Waals surface area (Å²) in [6.07, 6.45) is 36.8. The van der Waals surface area contributed by atoms with Crippen molar-refractivity contribution in [2.75, 3.05) is 13.2 Å². The third-order valence-corrected chi connectivity index (χ3v) is 9.79. The van der Waals surface area contributed by atoms with Crippen molar-refractivity contribution in [1.29, 1.82) is 0 Å². The lowest BCUT2D eigenvalue weighted by atomic mass is 10.0. The summed E-state index contributed by atoms with van der Waals surface area (Å²) >= 11 is 0. The van der Waals surface area contributed by atoms with Crippen LogP contribution >= 0.6 is 0 Å². The SMILES string of the molecule is CCCCCCCCCCCCCCCCCCC(=O)OC[C@@H](COC(=O)CCCCCCCCC(C)C)OC(=O)CCCCCCCCC. The summed E-state index contributed by atoms with van der Waals surface area (Å²) in [5, 5.41) is 0. The van der Waals surface area contributed by atoms with E-state index in [4.69, 9.17) is 14.2 Å². The van der Waals surface area contributed by atoms with Crippen LogP contribution in [-0.2, 0) is 28.6 Å². The average Bonchev–Trinajstić information content (AvgIpc) is 3.09. The Hall–Kier alpha value is -1.59. The van der Waals surface area contributed by atoms with E-state index in [1.54, 1.807) is 0 Å². The number of rotatable bonds is 39. The Morgan fingerprint density at radius 3 is 0.980 bits per heavy atom. The molecule has 0 bridgehead atoms. The maximum atomic E-state index is 12.6. The van der Waals surface area contributed by atoms with Crippen LogP contribution in [0.3, 0.4) is 0 Å². The maximum Gasteiger partial charge on any atom is 0.306 e. The van der Waals surface area contributed by atoms with Gasteiger partial charge in [-0.05, 0) is 25.2 Å². The Morgan fingerprint density at radius 2 is 0.660 bits per heavy atom. The molecule has 50 heavy (non-hydrogen) atoms. The van der Waals surface area contributed by atoms with Gasteiger partial charge in [0, 0.05) is 19.3 Å². The van der Waals surface area contributed by atoms with Gasteiger partial charge in [0.05, 0.1) is 0 Å². The third-order valence-electron chi connectivity index (χ3n) is 9.79. The van der Waals surface area contributed by atoms with Crippen LogP contribution in [-0.4, -0.2) is 37.2 Å². The van der Waals surface area contributed by atoms with Crippen LogP contribution in [0.1, 0.15) is 240 Å². The fourth-order valence-corrected chi connectivity index (χ4v) is 6.45. The largest absolute Gasteiger partial charge is 0.462 e.